The fourth-order valence-corrected chi connectivity index (χ4v) is 5.52. The van der Waals surface area contributed by atoms with E-state index in [1.54, 1.807) is 7.05 Å². The number of carbonyl (C=O) groups is 1. The van der Waals surface area contributed by atoms with Crippen LogP contribution in [0.2, 0.25) is 0 Å². The number of imidazole rings is 2. The molecule has 0 spiro atoms. The van der Waals surface area contributed by atoms with E-state index in [0.29, 0.717) is 17.7 Å². The number of hydrogen-bond acceptors (Lipinski definition) is 4. The highest BCUT2D eigenvalue weighted by atomic mass is 16.1. The van der Waals surface area contributed by atoms with E-state index >= 15 is 0 Å². The van der Waals surface area contributed by atoms with Gasteiger partial charge < -0.3 is 20.6 Å². The summed E-state index contributed by atoms with van der Waals surface area (Å²) in [5, 5.41) is 6.24. The number of rotatable bonds is 6. The van der Waals surface area contributed by atoms with Gasteiger partial charge in [0.25, 0.3) is 5.91 Å². The molecule has 1 aliphatic carbocycles. The van der Waals surface area contributed by atoms with Crippen LogP contribution in [0, 0.1) is 0 Å². The quantitative estimate of drug-likeness (QED) is 0.290. The van der Waals surface area contributed by atoms with Crippen LogP contribution < -0.4 is 10.6 Å². The second-order valence-electron chi connectivity index (χ2n) is 9.89. The van der Waals surface area contributed by atoms with Crippen molar-refractivity contribution in [3.8, 4) is 33.6 Å². The Bertz CT molecular complexity index is 1340. The Labute approximate surface area is 211 Å². The number of hydrogen-bond donors (Lipinski definition) is 4. The number of aromatic amines is 2. The zero-order valence-electron chi connectivity index (χ0n) is 20.6. The minimum Gasteiger partial charge on any atom is -0.354 e. The molecule has 4 aromatic rings. The number of amides is 1. The molecular weight excluding hydrogens is 448 g/mol. The van der Waals surface area contributed by atoms with Crippen LogP contribution in [-0.2, 0) is 0 Å². The van der Waals surface area contributed by atoms with Gasteiger partial charge in [-0.05, 0) is 48.9 Å². The standard InChI is InChI=1S/C29H32N6O/c1-30-29(36)26-25(34-27(35-26)22-5-2-3-6-22)21-14-10-19(11-15-21)18-8-12-20(13-9-18)24-17-32-28(33-24)23-7-4-16-31-23/h8-15,17,22-23,31H,2-7,16H2,1H3,(H,30,36)(H,32,33)(H,34,35)/t23-/m0/s1. The summed E-state index contributed by atoms with van der Waals surface area (Å²) in [6.07, 6.45) is 8.97. The number of benzene rings is 2. The molecule has 184 valence electrons. The van der Waals surface area contributed by atoms with Crippen molar-refractivity contribution >= 4 is 5.91 Å². The third kappa shape index (κ3) is 4.35. The van der Waals surface area contributed by atoms with Crippen molar-refractivity contribution in [3.63, 3.8) is 0 Å². The Balaban J connectivity index is 1.22. The third-order valence-corrected chi connectivity index (χ3v) is 7.59. The van der Waals surface area contributed by atoms with Crippen molar-refractivity contribution in [2.24, 2.45) is 0 Å². The van der Waals surface area contributed by atoms with Gasteiger partial charge in [0.15, 0.2) is 0 Å². The highest BCUT2D eigenvalue weighted by Crippen LogP contribution is 2.35. The number of carbonyl (C=O) groups excluding carboxylic acids is 1. The highest BCUT2D eigenvalue weighted by molar-refractivity contribution is 5.98. The molecule has 0 radical (unpaired) electrons. The molecule has 2 aliphatic rings. The molecular formula is C29H32N6O. The van der Waals surface area contributed by atoms with Crippen LogP contribution in [0.4, 0.5) is 0 Å². The lowest BCUT2D eigenvalue weighted by molar-refractivity contribution is 0.0959. The van der Waals surface area contributed by atoms with Gasteiger partial charge in [0.1, 0.15) is 23.0 Å². The lowest BCUT2D eigenvalue weighted by Crippen LogP contribution is -2.19. The predicted octanol–water partition coefficient (Wildman–Crippen LogP) is 5.58. The molecule has 1 saturated carbocycles. The summed E-state index contributed by atoms with van der Waals surface area (Å²) in [4.78, 5) is 28.8. The molecule has 7 heteroatoms. The first-order valence-corrected chi connectivity index (χ1v) is 13.0. The van der Waals surface area contributed by atoms with Gasteiger partial charge >= 0.3 is 0 Å². The second kappa shape index (κ2) is 9.74. The van der Waals surface area contributed by atoms with Gasteiger partial charge in [0.05, 0.1) is 17.9 Å². The molecule has 0 unspecified atom stereocenters. The van der Waals surface area contributed by atoms with E-state index in [1.807, 2.05) is 6.20 Å². The van der Waals surface area contributed by atoms with Crippen LogP contribution in [0.25, 0.3) is 33.6 Å². The van der Waals surface area contributed by atoms with E-state index in [2.05, 4.69) is 74.1 Å². The Morgan fingerprint density at radius 3 is 2.14 bits per heavy atom. The average molecular weight is 481 g/mol. The van der Waals surface area contributed by atoms with E-state index < -0.39 is 0 Å². The first-order chi connectivity index (χ1) is 17.7. The van der Waals surface area contributed by atoms with Gasteiger partial charge in [-0.3, -0.25) is 4.79 Å². The summed E-state index contributed by atoms with van der Waals surface area (Å²) < 4.78 is 0. The minimum atomic E-state index is -0.132. The Morgan fingerprint density at radius 1 is 0.833 bits per heavy atom. The molecule has 2 fully saturated rings. The number of H-pyrrole nitrogens is 2. The molecule has 2 aromatic heterocycles. The molecule has 7 nitrogen and oxygen atoms in total. The minimum absolute atomic E-state index is 0.132. The van der Waals surface area contributed by atoms with Crippen LogP contribution in [0.5, 0.6) is 0 Å². The molecule has 36 heavy (non-hydrogen) atoms. The molecule has 1 saturated heterocycles. The fraction of sp³-hybridized carbons (Fsp3) is 0.345. The van der Waals surface area contributed by atoms with Crippen molar-refractivity contribution in [2.45, 2.75) is 50.5 Å². The Hall–Kier alpha value is -3.71. The lowest BCUT2D eigenvalue weighted by atomic mass is 10.0. The van der Waals surface area contributed by atoms with Crippen molar-refractivity contribution in [2.75, 3.05) is 13.6 Å². The largest absolute Gasteiger partial charge is 0.354 e. The van der Waals surface area contributed by atoms with Crippen molar-refractivity contribution in [3.05, 3.63) is 72.1 Å². The van der Waals surface area contributed by atoms with Crippen LogP contribution in [0.3, 0.4) is 0 Å². The van der Waals surface area contributed by atoms with Crippen LogP contribution in [0.1, 0.15) is 72.6 Å². The highest BCUT2D eigenvalue weighted by Gasteiger charge is 2.25. The van der Waals surface area contributed by atoms with Crippen molar-refractivity contribution in [1.29, 1.82) is 0 Å². The third-order valence-electron chi connectivity index (χ3n) is 7.59. The maximum atomic E-state index is 12.6. The predicted molar refractivity (Wildman–Crippen MR) is 142 cm³/mol. The van der Waals surface area contributed by atoms with Gasteiger partial charge in [0.2, 0.25) is 0 Å². The van der Waals surface area contributed by atoms with E-state index in [1.165, 1.54) is 19.3 Å². The zero-order chi connectivity index (χ0) is 24.5. The fourth-order valence-electron chi connectivity index (χ4n) is 5.52. The molecule has 1 amide bonds. The molecule has 2 aromatic carbocycles. The lowest BCUT2D eigenvalue weighted by Gasteiger charge is -2.07. The number of aromatic nitrogens is 4. The molecule has 0 bridgehead atoms. The molecule has 1 aliphatic heterocycles. The normalized spacial score (nSPS) is 18.1. The molecule has 6 rings (SSSR count). The van der Waals surface area contributed by atoms with E-state index in [-0.39, 0.29) is 5.91 Å². The molecule has 1 atom stereocenters. The van der Waals surface area contributed by atoms with Crippen LogP contribution >= 0.6 is 0 Å². The summed E-state index contributed by atoms with van der Waals surface area (Å²) in [6, 6.07) is 17.2. The van der Waals surface area contributed by atoms with Crippen molar-refractivity contribution in [1.82, 2.24) is 30.6 Å². The zero-order valence-corrected chi connectivity index (χ0v) is 20.6. The smallest absolute Gasteiger partial charge is 0.269 e. The van der Waals surface area contributed by atoms with Crippen LogP contribution in [-0.4, -0.2) is 39.4 Å². The van der Waals surface area contributed by atoms with Gasteiger partial charge in [-0.25, -0.2) is 9.97 Å². The van der Waals surface area contributed by atoms with E-state index in [9.17, 15) is 4.79 Å². The van der Waals surface area contributed by atoms with Gasteiger partial charge in [0, 0.05) is 18.5 Å². The van der Waals surface area contributed by atoms with Gasteiger partial charge in [-0.15, -0.1) is 0 Å². The van der Waals surface area contributed by atoms with Gasteiger partial charge in [-0.2, -0.15) is 0 Å². The molecule has 4 N–H and O–H groups in total. The van der Waals surface area contributed by atoms with E-state index in [0.717, 1.165) is 71.1 Å². The Kier molecular flexibility index (Phi) is 6.15. The molecule has 3 heterocycles. The SMILES string of the molecule is CNC(=O)c1[nH]c(C2CCCC2)nc1-c1ccc(-c2ccc(-c3cnc([C@@H]4CCCN4)[nH]3)cc2)cc1. The topological polar surface area (TPSA) is 98.5 Å². The summed E-state index contributed by atoms with van der Waals surface area (Å²) in [6.45, 7) is 1.06. The average Bonchev–Trinajstić information content (AvgIpc) is 3.74. The second-order valence-corrected chi connectivity index (χ2v) is 9.89. The monoisotopic (exact) mass is 480 g/mol. The summed E-state index contributed by atoms with van der Waals surface area (Å²) >= 11 is 0. The van der Waals surface area contributed by atoms with Gasteiger partial charge in [-0.1, -0.05) is 61.4 Å². The Morgan fingerprint density at radius 2 is 1.50 bits per heavy atom. The summed E-state index contributed by atoms with van der Waals surface area (Å²) in [7, 11) is 1.66. The first kappa shape index (κ1) is 22.7. The summed E-state index contributed by atoms with van der Waals surface area (Å²) in [5.74, 6) is 2.24. The maximum Gasteiger partial charge on any atom is 0.269 e. The van der Waals surface area contributed by atoms with Crippen molar-refractivity contribution < 1.29 is 4.79 Å². The van der Waals surface area contributed by atoms with E-state index in [4.69, 9.17) is 4.98 Å². The number of nitrogens with zero attached hydrogens (tertiary/aromatic N) is 2. The van der Waals surface area contributed by atoms with Crippen LogP contribution in [0.15, 0.2) is 54.7 Å². The number of nitrogens with one attached hydrogen (secondary N) is 4. The maximum absolute atomic E-state index is 12.6. The first-order valence-electron chi connectivity index (χ1n) is 13.0. The summed E-state index contributed by atoms with van der Waals surface area (Å²) in [5.41, 5.74) is 6.65.